The zero-order valence-electron chi connectivity index (χ0n) is 15.8. The number of guanidine groups is 1. The number of aryl methyl sites for hydroxylation is 1. The van der Waals surface area contributed by atoms with E-state index in [2.05, 4.69) is 91.4 Å². The van der Waals surface area contributed by atoms with Crippen LogP contribution in [-0.4, -0.2) is 40.9 Å². The van der Waals surface area contributed by atoms with Gasteiger partial charge in [-0.1, -0.05) is 48.8 Å². The number of aromatic nitrogens is 3. The van der Waals surface area contributed by atoms with Gasteiger partial charge in [0.2, 0.25) is 0 Å². The molecule has 0 aliphatic rings. The fourth-order valence-corrected chi connectivity index (χ4v) is 2.83. The Bertz CT molecular complexity index is 696. The molecule has 1 heterocycles. The van der Waals surface area contributed by atoms with Crippen LogP contribution in [0.3, 0.4) is 0 Å². The van der Waals surface area contributed by atoms with Gasteiger partial charge in [0.05, 0.1) is 0 Å². The zero-order chi connectivity index (χ0) is 18.3. The van der Waals surface area contributed by atoms with Crippen LogP contribution in [0.25, 0.3) is 0 Å². The lowest BCUT2D eigenvalue weighted by molar-refractivity contribution is 0.507. The summed E-state index contributed by atoms with van der Waals surface area (Å²) in [5.74, 6) is 1.80. The average Bonchev–Trinajstić information content (AvgIpc) is 3.05. The van der Waals surface area contributed by atoms with Crippen molar-refractivity contribution >= 4 is 45.9 Å². The van der Waals surface area contributed by atoms with Crippen molar-refractivity contribution in [2.45, 2.75) is 39.2 Å². The summed E-state index contributed by atoms with van der Waals surface area (Å²) >= 11 is 3.48. The molecular formula is C18H28BrIN6. The number of halogens is 2. The first-order chi connectivity index (χ1) is 12.0. The van der Waals surface area contributed by atoms with Gasteiger partial charge in [-0.15, -0.1) is 34.2 Å². The largest absolute Gasteiger partial charge is 0.356 e. The maximum Gasteiger partial charge on any atom is 0.191 e. The van der Waals surface area contributed by atoms with Crippen molar-refractivity contribution < 1.29 is 0 Å². The van der Waals surface area contributed by atoms with Crippen LogP contribution in [0.5, 0.6) is 0 Å². The van der Waals surface area contributed by atoms with Gasteiger partial charge in [0, 0.05) is 43.0 Å². The van der Waals surface area contributed by atoms with Crippen molar-refractivity contribution in [2.24, 2.45) is 4.99 Å². The second kappa shape index (κ2) is 10.9. The number of nitrogens with one attached hydrogen (secondary N) is 2. The van der Waals surface area contributed by atoms with Gasteiger partial charge in [0.1, 0.15) is 12.2 Å². The molecule has 0 saturated heterocycles. The molecule has 0 amide bonds. The summed E-state index contributed by atoms with van der Waals surface area (Å²) in [6.45, 7) is 8.90. The fraction of sp³-hybridized carbons (Fsp3) is 0.500. The minimum atomic E-state index is 0. The first-order valence-electron chi connectivity index (χ1n) is 8.53. The highest BCUT2D eigenvalue weighted by molar-refractivity contribution is 14.0. The minimum absolute atomic E-state index is 0. The molecule has 0 bridgehead atoms. The summed E-state index contributed by atoms with van der Waals surface area (Å²) in [5, 5.41) is 14.8. The molecule has 0 fully saturated rings. The Hall–Kier alpha value is -1.16. The molecule has 2 aromatic rings. The summed E-state index contributed by atoms with van der Waals surface area (Å²) in [6, 6.07) is 8.46. The van der Waals surface area contributed by atoms with Gasteiger partial charge in [0.25, 0.3) is 0 Å². The fourth-order valence-electron chi connectivity index (χ4n) is 2.56. The van der Waals surface area contributed by atoms with E-state index < -0.39 is 0 Å². The molecule has 0 radical (unpaired) electrons. The second-order valence-electron chi connectivity index (χ2n) is 6.54. The van der Waals surface area contributed by atoms with Gasteiger partial charge in [-0.2, -0.15) is 0 Å². The lowest BCUT2D eigenvalue weighted by atomic mass is 9.85. The van der Waals surface area contributed by atoms with Crippen LogP contribution < -0.4 is 10.6 Å². The highest BCUT2D eigenvalue weighted by atomic mass is 127. The van der Waals surface area contributed by atoms with E-state index in [1.807, 2.05) is 0 Å². The predicted octanol–water partition coefficient (Wildman–Crippen LogP) is 3.36. The lowest BCUT2D eigenvalue weighted by Gasteiger charge is -2.27. The van der Waals surface area contributed by atoms with Crippen LogP contribution in [0.1, 0.15) is 32.2 Å². The van der Waals surface area contributed by atoms with E-state index in [4.69, 9.17) is 0 Å². The summed E-state index contributed by atoms with van der Waals surface area (Å²) in [5.41, 5.74) is 1.29. The van der Waals surface area contributed by atoms with Crippen LogP contribution in [0.15, 0.2) is 40.1 Å². The van der Waals surface area contributed by atoms with E-state index in [1.165, 1.54) is 5.56 Å². The number of nitrogens with zero attached hydrogens (tertiary/aromatic N) is 4. The Morgan fingerprint density at radius 3 is 2.54 bits per heavy atom. The molecule has 2 N–H and O–H groups in total. The van der Waals surface area contributed by atoms with Gasteiger partial charge in [-0.25, -0.2) is 0 Å². The van der Waals surface area contributed by atoms with Crippen molar-refractivity contribution in [1.29, 1.82) is 0 Å². The van der Waals surface area contributed by atoms with Gasteiger partial charge in [-0.05, 0) is 17.7 Å². The maximum absolute atomic E-state index is 4.31. The first kappa shape index (κ1) is 22.9. The molecule has 0 aliphatic heterocycles. The van der Waals surface area contributed by atoms with Gasteiger partial charge in [-0.3, -0.25) is 4.99 Å². The second-order valence-corrected chi connectivity index (χ2v) is 7.45. The molecule has 1 aromatic carbocycles. The Balaban J connectivity index is 0.00000338. The van der Waals surface area contributed by atoms with E-state index in [1.54, 1.807) is 13.4 Å². The van der Waals surface area contributed by atoms with E-state index >= 15 is 0 Å². The van der Waals surface area contributed by atoms with Crippen LogP contribution in [0.2, 0.25) is 0 Å². The van der Waals surface area contributed by atoms with E-state index in [0.29, 0.717) is 0 Å². The topological polar surface area (TPSA) is 67.1 Å². The van der Waals surface area contributed by atoms with Crippen LogP contribution in [0.4, 0.5) is 0 Å². The molecule has 0 spiro atoms. The third-order valence-corrected chi connectivity index (χ3v) is 4.73. The summed E-state index contributed by atoms with van der Waals surface area (Å²) in [6.07, 6.45) is 2.65. The number of benzene rings is 1. The Kier molecular flexibility index (Phi) is 9.56. The number of hydrogen-bond acceptors (Lipinski definition) is 3. The Morgan fingerprint density at radius 1 is 1.23 bits per heavy atom. The van der Waals surface area contributed by atoms with Crippen molar-refractivity contribution in [3.05, 3.63) is 46.5 Å². The standard InChI is InChI=1S/C18H27BrN6.HI/c1-5-16-24-23-13-25(16)11-10-21-17(20-4)22-12-18(2,3)14-6-8-15(19)9-7-14;/h6-9,13H,5,10-12H2,1-4H3,(H2,20,21,22);1H. The van der Waals surface area contributed by atoms with Gasteiger partial charge < -0.3 is 15.2 Å². The summed E-state index contributed by atoms with van der Waals surface area (Å²) in [4.78, 5) is 4.31. The highest BCUT2D eigenvalue weighted by Gasteiger charge is 2.20. The quantitative estimate of drug-likeness (QED) is 0.325. The number of hydrogen-bond donors (Lipinski definition) is 2. The molecule has 0 unspecified atom stereocenters. The van der Waals surface area contributed by atoms with Gasteiger partial charge in [0.15, 0.2) is 5.96 Å². The molecule has 2 rings (SSSR count). The van der Waals surface area contributed by atoms with Crippen molar-refractivity contribution in [3.8, 4) is 0 Å². The molecule has 144 valence electrons. The molecule has 1 aromatic heterocycles. The van der Waals surface area contributed by atoms with Crippen molar-refractivity contribution in [1.82, 2.24) is 25.4 Å². The maximum atomic E-state index is 4.31. The van der Waals surface area contributed by atoms with E-state index in [0.717, 1.165) is 42.3 Å². The van der Waals surface area contributed by atoms with Crippen LogP contribution in [-0.2, 0) is 18.4 Å². The molecule has 0 atom stereocenters. The molecule has 26 heavy (non-hydrogen) atoms. The Labute approximate surface area is 181 Å². The van der Waals surface area contributed by atoms with Crippen molar-refractivity contribution in [2.75, 3.05) is 20.1 Å². The first-order valence-corrected chi connectivity index (χ1v) is 9.33. The SMILES string of the molecule is CCc1nncn1CCNC(=NC)NCC(C)(C)c1ccc(Br)cc1.I. The van der Waals surface area contributed by atoms with Crippen LogP contribution >= 0.6 is 39.9 Å². The normalized spacial score (nSPS) is 11.8. The third kappa shape index (κ3) is 6.53. The van der Waals surface area contributed by atoms with E-state index in [-0.39, 0.29) is 29.4 Å². The number of aliphatic imine (C=N–C) groups is 1. The molecule has 0 aliphatic carbocycles. The minimum Gasteiger partial charge on any atom is -0.356 e. The molecular weight excluding hydrogens is 507 g/mol. The average molecular weight is 535 g/mol. The van der Waals surface area contributed by atoms with Crippen LogP contribution in [0, 0.1) is 0 Å². The summed E-state index contributed by atoms with van der Waals surface area (Å²) < 4.78 is 3.16. The Morgan fingerprint density at radius 2 is 1.92 bits per heavy atom. The third-order valence-electron chi connectivity index (χ3n) is 4.20. The number of rotatable bonds is 7. The smallest absolute Gasteiger partial charge is 0.191 e. The molecule has 6 nitrogen and oxygen atoms in total. The van der Waals surface area contributed by atoms with Crippen molar-refractivity contribution in [3.63, 3.8) is 0 Å². The molecule has 8 heteroatoms. The van der Waals surface area contributed by atoms with E-state index in [9.17, 15) is 0 Å². The molecule has 0 saturated carbocycles. The zero-order valence-corrected chi connectivity index (χ0v) is 19.7. The predicted molar refractivity (Wildman–Crippen MR) is 121 cm³/mol. The van der Waals surface area contributed by atoms with Gasteiger partial charge >= 0.3 is 0 Å². The monoisotopic (exact) mass is 534 g/mol. The lowest BCUT2D eigenvalue weighted by Crippen LogP contribution is -2.44. The summed E-state index contributed by atoms with van der Waals surface area (Å²) in [7, 11) is 1.79. The highest BCUT2D eigenvalue weighted by Crippen LogP contribution is 2.23.